The van der Waals surface area contributed by atoms with E-state index in [0.717, 1.165) is 25.2 Å². The third-order valence-electron chi connectivity index (χ3n) is 5.57. The van der Waals surface area contributed by atoms with Gasteiger partial charge in [-0.2, -0.15) is 0 Å². The van der Waals surface area contributed by atoms with Crippen molar-refractivity contribution in [2.75, 3.05) is 13.1 Å². The first-order chi connectivity index (χ1) is 14.0. The standard InChI is InChI=1S/C24H23Cl2FN2/c1-17-6-2-3-7-19(17)15-28-12-13-29(16-21-22(26)10-5-11-23(21)27)24(28)18-8-4-9-20(25)14-18/h2-11,14,24H,12-13,15-16H2,1H3. The molecule has 0 bridgehead atoms. The van der Waals surface area contributed by atoms with Gasteiger partial charge in [0.2, 0.25) is 0 Å². The highest BCUT2D eigenvalue weighted by atomic mass is 35.5. The average Bonchev–Trinajstić information content (AvgIpc) is 3.09. The van der Waals surface area contributed by atoms with E-state index in [4.69, 9.17) is 23.2 Å². The quantitative estimate of drug-likeness (QED) is 0.460. The SMILES string of the molecule is Cc1ccccc1CN1CCN(Cc2c(F)cccc2Cl)C1c1cccc(Cl)c1. The number of aryl methyl sites for hydroxylation is 1. The maximum atomic E-state index is 14.4. The van der Waals surface area contributed by atoms with Crippen LogP contribution in [0.2, 0.25) is 10.0 Å². The minimum absolute atomic E-state index is 0.00368. The summed E-state index contributed by atoms with van der Waals surface area (Å²) in [5.74, 6) is -0.264. The molecule has 0 aliphatic carbocycles. The Morgan fingerprint density at radius 1 is 0.897 bits per heavy atom. The summed E-state index contributed by atoms with van der Waals surface area (Å²) >= 11 is 12.6. The molecule has 1 aliphatic heterocycles. The molecule has 3 aromatic rings. The topological polar surface area (TPSA) is 6.48 Å². The maximum Gasteiger partial charge on any atom is 0.129 e. The fraction of sp³-hybridized carbons (Fsp3) is 0.250. The number of halogens is 3. The molecular formula is C24H23Cl2FN2. The molecule has 1 saturated heterocycles. The van der Waals surface area contributed by atoms with Crippen molar-refractivity contribution in [2.24, 2.45) is 0 Å². The highest BCUT2D eigenvalue weighted by molar-refractivity contribution is 6.31. The van der Waals surface area contributed by atoms with E-state index in [9.17, 15) is 4.39 Å². The molecule has 1 aliphatic rings. The van der Waals surface area contributed by atoms with E-state index in [1.54, 1.807) is 12.1 Å². The van der Waals surface area contributed by atoms with E-state index in [1.165, 1.54) is 17.2 Å². The van der Waals surface area contributed by atoms with Gasteiger partial charge < -0.3 is 0 Å². The van der Waals surface area contributed by atoms with Crippen molar-refractivity contribution in [1.29, 1.82) is 0 Å². The molecule has 0 amide bonds. The van der Waals surface area contributed by atoms with E-state index in [0.29, 0.717) is 22.2 Å². The summed E-state index contributed by atoms with van der Waals surface area (Å²) in [5.41, 5.74) is 4.22. The van der Waals surface area contributed by atoms with Crippen LogP contribution in [0.25, 0.3) is 0 Å². The highest BCUT2D eigenvalue weighted by Crippen LogP contribution is 2.35. The Morgan fingerprint density at radius 3 is 2.34 bits per heavy atom. The van der Waals surface area contributed by atoms with Gasteiger partial charge in [-0.15, -0.1) is 0 Å². The van der Waals surface area contributed by atoms with Crippen LogP contribution in [0, 0.1) is 12.7 Å². The van der Waals surface area contributed by atoms with Gasteiger partial charge >= 0.3 is 0 Å². The maximum absolute atomic E-state index is 14.4. The molecule has 1 heterocycles. The van der Waals surface area contributed by atoms with Crippen LogP contribution in [0.1, 0.15) is 28.4 Å². The lowest BCUT2D eigenvalue weighted by Gasteiger charge is -2.31. The zero-order valence-electron chi connectivity index (χ0n) is 16.3. The van der Waals surface area contributed by atoms with Crippen molar-refractivity contribution in [2.45, 2.75) is 26.2 Å². The molecule has 3 aromatic carbocycles. The van der Waals surface area contributed by atoms with Crippen molar-refractivity contribution in [3.8, 4) is 0 Å². The fourth-order valence-electron chi connectivity index (χ4n) is 4.05. The number of hydrogen-bond donors (Lipinski definition) is 0. The van der Waals surface area contributed by atoms with Crippen LogP contribution < -0.4 is 0 Å². The first kappa shape index (κ1) is 20.4. The van der Waals surface area contributed by atoms with Crippen LogP contribution >= 0.6 is 23.2 Å². The summed E-state index contributed by atoms with van der Waals surface area (Å²) in [6, 6.07) is 21.2. The van der Waals surface area contributed by atoms with Gasteiger partial charge in [-0.3, -0.25) is 9.80 Å². The summed E-state index contributed by atoms with van der Waals surface area (Å²) in [6.07, 6.45) is 0.00368. The minimum atomic E-state index is -0.264. The molecule has 0 radical (unpaired) electrons. The highest BCUT2D eigenvalue weighted by Gasteiger charge is 2.34. The van der Waals surface area contributed by atoms with Gasteiger partial charge in [0, 0.05) is 41.8 Å². The lowest BCUT2D eigenvalue weighted by atomic mass is 10.1. The third kappa shape index (κ3) is 4.49. The van der Waals surface area contributed by atoms with Gasteiger partial charge in [-0.05, 0) is 47.9 Å². The van der Waals surface area contributed by atoms with E-state index < -0.39 is 0 Å². The van der Waals surface area contributed by atoms with Gasteiger partial charge in [-0.25, -0.2) is 4.39 Å². The monoisotopic (exact) mass is 428 g/mol. The Bertz CT molecular complexity index is 987. The van der Waals surface area contributed by atoms with Crippen molar-refractivity contribution in [3.05, 3.63) is 105 Å². The minimum Gasteiger partial charge on any atom is -0.278 e. The molecule has 0 saturated carbocycles. The summed E-state index contributed by atoms with van der Waals surface area (Å²) in [6.45, 7) is 5.13. The Morgan fingerprint density at radius 2 is 1.62 bits per heavy atom. The van der Waals surface area contributed by atoms with E-state index in [1.807, 2.05) is 18.2 Å². The normalized spacial score (nSPS) is 17.7. The molecule has 0 aromatic heterocycles. The lowest BCUT2D eigenvalue weighted by Crippen LogP contribution is -2.31. The van der Waals surface area contributed by atoms with Crippen LogP contribution in [-0.2, 0) is 13.1 Å². The summed E-state index contributed by atoms with van der Waals surface area (Å²) in [7, 11) is 0. The first-order valence-corrected chi connectivity index (χ1v) is 10.5. The molecule has 2 nitrogen and oxygen atoms in total. The fourth-order valence-corrected chi connectivity index (χ4v) is 4.47. The average molecular weight is 429 g/mol. The van der Waals surface area contributed by atoms with Crippen LogP contribution in [-0.4, -0.2) is 22.9 Å². The second kappa shape index (κ2) is 8.85. The van der Waals surface area contributed by atoms with Crippen molar-refractivity contribution >= 4 is 23.2 Å². The van der Waals surface area contributed by atoms with Crippen molar-refractivity contribution < 1.29 is 4.39 Å². The van der Waals surface area contributed by atoms with Crippen molar-refractivity contribution in [3.63, 3.8) is 0 Å². The summed E-state index contributed by atoms with van der Waals surface area (Å²) < 4.78 is 14.4. The smallest absolute Gasteiger partial charge is 0.129 e. The van der Waals surface area contributed by atoms with Gasteiger partial charge in [0.15, 0.2) is 0 Å². The molecular weight excluding hydrogens is 406 g/mol. The lowest BCUT2D eigenvalue weighted by molar-refractivity contribution is 0.124. The molecule has 1 unspecified atom stereocenters. The van der Waals surface area contributed by atoms with Crippen LogP contribution in [0.5, 0.6) is 0 Å². The molecule has 5 heteroatoms. The molecule has 29 heavy (non-hydrogen) atoms. The molecule has 150 valence electrons. The molecule has 0 spiro atoms. The Kier molecular flexibility index (Phi) is 6.21. The van der Waals surface area contributed by atoms with E-state index in [2.05, 4.69) is 47.1 Å². The van der Waals surface area contributed by atoms with Gasteiger partial charge in [-0.1, -0.05) is 65.7 Å². The predicted octanol–water partition coefficient (Wildman–Crippen LogP) is 6.46. The molecule has 0 N–H and O–H groups in total. The summed E-state index contributed by atoms with van der Waals surface area (Å²) in [4.78, 5) is 4.69. The zero-order chi connectivity index (χ0) is 20.4. The second-order valence-electron chi connectivity index (χ2n) is 7.50. The Balaban J connectivity index is 1.67. The van der Waals surface area contributed by atoms with Gasteiger partial charge in [0.1, 0.15) is 5.82 Å². The predicted molar refractivity (Wildman–Crippen MR) is 118 cm³/mol. The Hall–Kier alpha value is -1.91. The van der Waals surface area contributed by atoms with Crippen LogP contribution in [0.3, 0.4) is 0 Å². The number of nitrogens with zero attached hydrogens (tertiary/aromatic N) is 2. The number of rotatable bonds is 5. The summed E-state index contributed by atoms with van der Waals surface area (Å²) in [5, 5.41) is 1.17. The van der Waals surface area contributed by atoms with E-state index >= 15 is 0 Å². The number of hydrogen-bond acceptors (Lipinski definition) is 2. The van der Waals surface area contributed by atoms with Crippen LogP contribution in [0.4, 0.5) is 4.39 Å². The second-order valence-corrected chi connectivity index (χ2v) is 8.34. The van der Waals surface area contributed by atoms with Crippen molar-refractivity contribution in [1.82, 2.24) is 9.80 Å². The third-order valence-corrected chi connectivity index (χ3v) is 6.16. The van der Waals surface area contributed by atoms with Gasteiger partial charge in [0.05, 0.1) is 6.17 Å². The Labute approximate surface area is 181 Å². The van der Waals surface area contributed by atoms with Crippen LogP contribution in [0.15, 0.2) is 66.7 Å². The first-order valence-electron chi connectivity index (χ1n) is 9.74. The molecule has 4 rings (SSSR count). The molecule has 1 fully saturated rings. The largest absolute Gasteiger partial charge is 0.278 e. The van der Waals surface area contributed by atoms with Gasteiger partial charge in [0.25, 0.3) is 0 Å². The number of benzene rings is 3. The molecule has 1 atom stereocenters. The zero-order valence-corrected chi connectivity index (χ0v) is 17.8. The van der Waals surface area contributed by atoms with E-state index in [-0.39, 0.29) is 12.0 Å².